The number of pyridine rings is 1. The third-order valence-corrected chi connectivity index (χ3v) is 3.66. The Hall–Kier alpha value is -1.49. The number of benzene rings is 1. The Morgan fingerprint density at radius 3 is 2.95 bits per heavy atom. The lowest BCUT2D eigenvalue weighted by Gasteiger charge is -2.22. The predicted octanol–water partition coefficient (Wildman–Crippen LogP) is 2.65. The lowest BCUT2D eigenvalue weighted by Crippen LogP contribution is -2.26. The summed E-state index contributed by atoms with van der Waals surface area (Å²) in [6, 6.07) is 8.65. The number of nitrogens with one attached hydrogen (secondary N) is 1. The molecule has 2 heterocycles. The SMILES string of the molecule is CCNC(CC1OCCO1)c1cccc2cnccc12. The number of hydrogen-bond acceptors (Lipinski definition) is 4. The summed E-state index contributed by atoms with van der Waals surface area (Å²) < 4.78 is 11.2. The summed E-state index contributed by atoms with van der Waals surface area (Å²) in [6.45, 7) is 4.43. The highest BCUT2D eigenvalue weighted by Crippen LogP contribution is 2.28. The van der Waals surface area contributed by atoms with Crippen LogP contribution in [-0.2, 0) is 9.47 Å². The maximum atomic E-state index is 5.59. The van der Waals surface area contributed by atoms with Gasteiger partial charge < -0.3 is 14.8 Å². The fraction of sp³-hybridized carbons (Fsp3) is 0.438. The molecule has 1 saturated heterocycles. The van der Waals surface area contributed by atoms with Crippen molar-refractivity contribution in [2.24, 2.45) is 0 Å². The van der Waals surface area contributed by atoms with Gasteiger partial charge in [-0.3, -0.25) is 4.98 Å². The highest BCUT2D eigenvalue weighted by molar-refractivity contribution is 5.85. The van der Waals surface area contributed by atoms with Crippen LogP contribution in [0.25, 0.3) is 10.8 Å². The van der Waals surface area contributed by atoms with E-state index in [1.54, 1.807) is 0 Å². The first kappa shape index (κ1) is 13.5. The van der Waals surface area contributed by atoms with Crippen LogP contribution < -0.4 is 5.32 Å². The van der Waals surface area contributed by atoms with Gasteiger partial charge in [-0.2, -0.15) is 0 Å². The third kappa shape index (κ3) is 2.82. The van der Waals surface area contributed by atoms with E-state index < -0.39 is 0 Å². The van der Waals surface area contributed by atoms with Crippen molar-refractivity contribution in [3.8, 4) is 0 Å². The Labute approximate surface area is 119 Å². The first-order valence-electron chi connectivity index (χ1n) is 7.17. The largest absolute Gasteiger partial charge is 0.350 e. The molecule has 4 nitrogen and oxygen atoms in total. The van der Waals surface area contributed by atoms with Crippen LogP contribution in [-0.4, -0.2) is 31.0 Å². The Morgan fingerprint density at radius 1 is 1.30 bits per heavy atom. The number of rotatable bonds is 5. The molecule has 0 bridgehead atoms. The summed E-state index contributed by atoms with van der Waals surface area (Å²) in [4.78, 5) is 4.19. The summed E-state index contributed by atoms with van der Waals surface area (Å²) >= 11 is 0. The molecule has 4 heteroatoms. The van der Waals surface area contributed by atoms with Crippen molar-refractivity contribution in [1.29, 1.82) is 0 Å². The zero-order chi connectivity index (χ0) is 13.8. The molecule has 1 fully saturated rings. The van der Waals surface area contributed by atoms with Crippen LogP contribution in [0.3, 0.4) is 0 Å². The van der Waals surface area contributed by atoms with Crippen LogP contribution in [0, 0.1) is 0 Å². The van der Waals surface area contributed by atoms with E-state index in [4.69, 9.17) is 9.47 Å². The molecule has 0 spiro atoms. The molecule has 0 radical (unpaired) electrons. The van der Waals surface area contributed by atoms with E-state index in [0.29, 0.717) is 13.2 Å². The molecule has 0 amide bonds. The minimum atomic E-state index is -0.101. The lowest BCUT2D eigenvalue weighted by molar-refractivity contribution is -0.0528. The second-order valence-electron chi connectivity index (χ2n) is 4.96. The molecule has 3 rings (SSSR count). The number of ether oxygens (including phenoxy) is 2. The number of fused-ring (bicyclic) bond motifs is 1. The van der Waals surface area contributed by atoms with E-state index in [9.17, 15) is 0 Å². The van der Waals surface area contributed by atoms with Gasteiger partial charge in [0.15, 0.2) is 6.29 Å². The third-order valence-electron chi connectivity index (χ3n) is 3.66. The zero-order valence-electron chi connectivity index (χ0n) is 11.7. The summed E-state index contributed by atoms with van der Waals surface area (Å²) in [5, 5.41) is 5.95. The Kier molecular flexibility index (Phi) is 4.25. The highest BCUT2D eigenvalue weighted by Gasteiger charge is 2.23. The average molecular weight is 272 g/mol. The molecule has 1 N–H and O–H groups in total. The van der Waals surface area contributed by atoms with Crippen molar-refractivity contribution in [2.45, 2.75) is 25.7 Å². The van der Waals surface area contributed by atoms with Crippen LogP contribution in [0.15, 0.2) is 36.7 Å². The van der Waals surface area contributed by atoms with Crippen LogP contribution >= 0.6 is 0 Å². The molecule has 1 aromatic carbocycles. The van der Waals surface area contributed by atoms with E-state index in [-0.39, 0.29) is 12.3 Å². The fourth-order valence-electron chi connectivity index (χ4n) is 2.75. The quantitative estimate of drug-likeness (QED) is 0.908. The van der Waals surface area contributed by atoms with Crippen molar-refractivity contribution in [3.63, 3.8) is 0 Å². The van der Waals surface area contributed by atoms with Gasteiger partial charge in [-0.15, -0.1) is 0 Å². The molecular formula is C16H20N2O2. The highest BCUT2D eigenvalue weighted by atomic mass is 16.7. The van der Waals surface area contributed by atoms with Crippen LogP contribution in [0.2, 0.25) is 0 Å². The van der Waals surface area contributed by atoms with Crippen molar-refractivity contribution in [2.75, 3.05) is 19.8 Å². The molecule has 20 heavy (non-hydrogen) atoms. The molecule has 1 aromatic heterocycles. The second-order valence-corrected chi connectivity index (χ2v) is 4.96. The predicted molar refractivity (Wildman–Crippen MR) is 78.5 cm³/mol. The summed E-state index contributed by atoms with van der Waals surface area (Å²) in [7, 11) is 0. The van der Waals surface area contributed by atoms with Gasteiger partial charge in [0, 0.05) is 30.2 Å². The molecule has 106 valence electrons. The van der Waals surface area contributed by atoms with Crippen molar-refractivity contribution < 1.29 is 9.47 Å². The van der Waals surface area contributed by atoms with Crippen molar-refractivity contribution in [1.82, 2.24) is 10.3 Å². The molecule has 2 aromatic rings. The smallest absolute Gasteiger partial charge is 0.159 e. The Morgan fingerprint density at radius 2 is 2.15 bits per heavy atom. The summed E-state index contributed by atoms with van der Waals surface area (Å²) in [5.41, 5.74) is 1.28. The van der Waals surface area contributed by atoms with Gasteiger partial charge in [-0.05, 0) is 23.6 Å². The van der Waals surface area contributed by atoms with E-state index in [1.807, 2.05) is 12.4 Å². The van der Waals surface area contributed by atoms with Gasteiger partial charge in [0.05, 0.1) is 13.2 Å². The maximum absolute atomic E-state index is 5.59. The molecule has 1 aliphatic rings. The molecule has 1 aliphatic heterocycles. The average Bonchev–Trinajstić information content (AvgIpc) is 2.99. The van der Waals surface area contributed by atoms with E-state index in [0.717, 1.165) is 13.0 Å². The van der Waals surface area contributed by atoms with Crippen molar-refractivity contribution >= 4 is 10.8 Å². The molecule has 0 aliphatic carbocycles. The van der Waals surface area contributed by atoms with Crippen LogP contribution in [0.5, 0.6) is 0 Å². The van der Waals surface area contributed by atoms with Gasteiger partial charge in [0.1, 0.15) is 0 Å². The number of aromatic nitrogens is 1. The second kappa shape index (κ2) is 6.31. The zero-order valence-corrected chi connectivity index (χ0v) is 11.7. The van der Waals surface area contributed by atoms with Gasteiger partial charge in [-0.1, -0.05) is 25.1 Å². The summed E-state index contributed by atoms with van der Waals surface area (Å²) in [5.74, 6) is 0. The standard InChI is InChI=1S/C16H20N2O2/c1-2-18-15(10-16-19-8-9-20-16)14-5-3-4-12-11-17-7-6-13(12)14/h3-7,11,15-16,18H,2,8-10H2,1H3. The molecular weight excluding hydrogens is 252 g/mol. The Balaban J connectivity index is 1.91. The number of nitrogens with zero attached hydrogens (tertiary/aromatic N) is 1. The van der Waals surface area contributed by atoms with E-state index in [1.165, 1.54) is 16.3 Å². The van der Waals surface area contributed by atoms with Gasteiger partial charge in [0.2, 0.25) is 0 Å². The first-order valence-corrected chi connectivity index (χ1v) is 7.17. The van der Waals surface area contributed by atoms with Crippen molar-refractivity contribution in [3.05, 3.63) is 42.2 Å². The van der Waals surface area contributed by atoms with Crippen LogP contribution in [0.1, 0.15) is 24.9 Å². The van der Waals surface area contributed by atoms with E-state index >= 15 is 0 Å². The van der Waals surface area contributed by atoms with Gasteiger partial charge >= 0.3 is 0 Å². The summed E-state index contributed by atoms with van der Waals surface area (Å²) in [6.07, 6.45) is 4.48. The normalized spacial score (nSPS) is 17.6. The number of hydrogen-bond donors (Lipinski definition) is 1. The minimum absolute atomic E-state index is 0.101. The van der Waals surface area contributed by atoms with Gasteiger partial charge in [0.25, 0.3) is 0 Å². The monoisotopic (exact) mass is 272 g/mol. The molecule has 1 unspecified atom stereocenters. The molecule has 0 saturated carbocycles. The topological polar surface area (TPSA) is 43.4 Å². The lowest BCUT2D eigenvalue weighted by atomic mass is 9.97. The van der Waals surface area contributed by atoms with Crippen LogP contribution in [0.4, 0.5) is 0 Å². The minimum Gasteiger partial charge on any atom is -0.350 e. The van der Waals surface area contributed by atoms with E-state index in [2.05, 4.69) is 41.5 Å². The first-order chi connectivity index (χ1) is 9.88. The Bertz CT molecular complexity index is 562. The maximum Gasteiger partial charge on any atom is 0.159 e. The molecule has 1 atom stereocenters. The van der Waals surface area contributed by atoms with Gasteiger partial charge in [-0.25, -0.2) is 0 Å². The fourth-order valence-corrected chi connectivity index (χ4v) is 2.75.